The van der Waals surface area contributed by atoms with E-state index in [-0.39, 0.29) is 23.8 Å². The molecule has 1 saturated heterocycles. The highest BCUT2D eigenvalue weighted by atomic mass is 32.1. The summed E-state index contributed by atoms with van der Waals surface area (Å²) in [6.45, 7) is 3.23. The molecule has 1 aromatic carbocycles. The van der Waals surface area contributed by atoms with Gasteiger partial charge < -0.3 is 10.2 Å². The first-order valence-electron chi connectivity index (χ1n) is 9.59. The van der Waals surface area contributed by atoms with E-state index in [4.69, 9.17) is 0 Å². The molecule has 144 valence electrons. The van der Waals surface area contributed by atoms with Gasteiger partial charge in [-0.15, -0.1) is 11.3 Å². The highest BCUT2D eigenvalue weighted by Crippen LogP contribution is 2.30. The molecule has 1 aliphatic heterocycles. The molecule has 1 N–H and O–H groups in total. The molecular formula is C22H23N3O2S. The predicted octanol–water partition coefficient (Wildman–Crippen LogP) is 4.03. The number of likely N-dealkylation sites (tertiary alicyclic amines) is 1. The Morgan fingerprint density at radius 2 is 1.96 bits per heavy atom. The van der Waals surface area contributed by atoms with Crippen LogP contribution in [-0.4, -0.2) is 34.8 Å². The van der Waals surface area contributed by atoms with Crippen LogP contribution in [0.25, 0.3) is 10.1 Å². The minimum absolute atomic E-state index is 0.00920. The summed E-state index contributed by atoms with van der Waals surface area (Å²) in [7, 11) is 0. The van der Waals surface area contributed by atoms with Crippen molar-refractivity contribution >= 4 is 33.2 Å². The topological polar surface area (TPSA) is 62.3 Å². The Labute approximate surface area is 168 Å². The van der Waals surface area contributed by atoms with Gasteiger partial charge in [0.25, 0.3) is 5.91 Å². The number of carbonyl (C=O) groups excluding carboxylic acids is 2. The van der Waals surface area contributed by atoms with Crippen LogP contribution in [0, 0.1) is 5.92 Å². The maximum Gasteiger partial charge on any atom is 0.255 e. The van der Waals surface area contributed by atoms with Crippen LogP contribution in [0.15, 0.2) is 54.2 Å². The van der Waals surface area contributed by atoms with Crippen molar-refractivity contribution in [1.82, 2.24) is 15.2 Å². The number of piperidine rings is 1. The van der Waals surface area contributed by atoms with Gasteiger partial charge in [-0.2, -0.15) is 0 Å². The third-order valence-electron chi connectivity index (χ3n) is 5.40. The molecule has 1 atom stereocenters. The van der Waals surface area contributed by atoms with Gasteiger partial charge in [0.15, 0.2) is 0 Å². The second kappa shape index (κ2) is 8.10. The zero-order valence-corrected chi connectivity index (χ0v) is 16.6. The number of amides is 2. The van der Waals surface area contributed by atoms with Crippen LogP contribution in [-0.2, 0) is 4.79 Å². The Morgan fingerprint density at radius 1 is 1.18 bits per heavy atom. The van der Waals surface area contributed by atoms with Crippen molar-refractivity contribution in [3.8, 4) is 0 Å². The molecule has 0 radical (unpaired) electrons. The summed E-state index contributed by atoms with van der Waals surface area (Å²) >= 11 is 1.71. The van der Waals surface area contributed by atoms with Crippen LogP contribution in [0.3, 0.4) is 0 Å². The van der Waals surface area contributed by atoms with Crippen molar-refractivity contribution in [2.24, 2.45) is 5.92 Å². The van der Waals surface area contributed by atoms with Gasteiger partial charge >= 0.3 is 0 Å². The van der Waals surface area contributed by atoms with Gasteiger partial charge in [0.2, 0.25) is 5.91 Å². The van der Waals surface area contributed by atoms with E-state index in [1.54, 1.807) is 35.9 Å². The summed E-state index contributed by atoms with van der Waals surface area (Å²) < 4.78 is 1.24. The van der Waals surface area contributed by atoms with Crippen molar-refractivity contribution < 1.29 is 9.59 Å². The molecule has 2 aromatic heterocycles. The van der Waals surface area contributed by atoms with Crippen molar-refractivity contribution in [3.63, 3.8) is 0 Å². The minimum Gasteiger partial charge on any atom is -0.349 e. The summed E-state index contributed by atoms with van der Waals surface area (Å²) in [5.41, 5.74) is 1.77. The number of nitrogens with zero attached hydrogens (tertiary/aromatic N) is 2. The van der Waals surface area contributed by atoms with Crippen LogP contribution in [0.5, 0.6) is 0 Å². The molecule has 1 aliphatic rings. The Kier molecular flexibility index (Phi) is 5.39. The fraction of sp³-hybridized carbons (Fsp3) is 0.318. The summed E-state index contributed by atoms with van der Waals surface area (Å²) in [5, 5.41) is 6.51. The van der Waals surface area contributed by atoms with Gasteiger partial charge in [0.05, 0.1) is 11.6 Å². The van der Waals surface area contributed by atoms with Gasteiger partial charge in [0, 0.05) is 36.1 Å². The minimum atomic E-state index is -0.0506. The van der Waals surface area contributed by atoms with E-state index in [1.807, 2.05) is 24.0 Å². The van der Waals surface area contributed by atoms with E-state index < -0.39 is 0 Å². The fourth-order valence-corrected chi connectivity index (χ4v) is 4.81. The highest BCUT2D eigenvalue weighted by molar-refractivity contribution is 7.17. The first-order valence-corrected chi connectivity index (χ1v) is 10.5. The summed E-state index contributed by atoms with van der Waals surface area (Å²) in [5.74, 6) is 0.0200. The second-order valence-corrected chi connectivity index (χ2v) is 8.14. The largest absolute Gasteiger partial charge is 0.349 e. The molecule has 3 heterocycles. The molecule has 4 rings (SSSR count). The van der Waals surface area contributed by atoms with Crippen molar-refractivity contribution in [1.29, 1.82) is 0 Å². The van der Waals surface area contributed by atoms with Gasteiger partial charge in [-0.25, -0.2) is 0 Å². The van der Waals surface area contributed by atoms with Gasteiger partial charge in [-0.3, -0.25) is 14.6 Å². The normalized spacial score (nSPS) is 16.1. The number of aromatic nitrogens is 1. The zero-order chi connectivity index (χ0) is 19.5. The first-order chi connectivity index (χ1) is 13.6. The molecule has 5 nitrogen and oxygen atoms in total. The van der Waals surface area contributed by atoms with E-state index in [0.717, 1.165) is 5.56 Å². The molecule has 6 heteroatoms. The van der Waals surface area contributed by atoms with Gasteiger partial charge in [-0.1, -0.05) is 18.2 Å². The first kappa shape index (κ1) is 18.6. The average Bonchev–Trinajstić information content (AvgIpc) is 3.18. The molecule has 0 bridgehead atoms. The molecular weight excluding hydrogens is 370 g/mol. The van der Waals surface area contributed by atoms with Crippen molar-refractivity contribution in [3.05, 3.63) is 65.3 Å². The van der Waals surface area contributed by atoms with E-state index in [0.29, 0.717) is 31.5 Å². The van der Waals surface area contributed by atoms with Crippen LogP contribution in [0.1, 0.15) is 41.7 Å². The maximum absolute atomic E-state index is 12.8. The number of fused-ring (bicyclic) bond motifs is 1. The molecule has 3 aromatic rings. The van der Waals surface area contributed by atoms with E-state index in [9.17, 15) is 9.59 Å². The number of thiophene rings is 1. The average molecular weight is 394 g/mol. The smallest absolute Gasteiger partial charge is 0.255 e. The number of carbonyl (C=O) groups is 2. The van der Waals surface area contributed by atoms with E-state index in [2.05, 4.69) is 27.8 Å². The summed E-state index contributed by atoms with van der Waals surface area (Å²) in [6, 6.07) is 11.8. The fourth-order valence-electron chi connectivity index (χ4n) is 3.76. The van der Waals surface area contributed by atoms with Gasteiger partial charge in [0.1, 0.15) is 0 Å². The molecule has 28 heavy (non-hydrogen) atoms. The summed E-state index contributed by atoms with van der Waals surface area (Å²) in [4.78, 5) is 31.1. The number of rotatable bonds is 4. The quantitative estimate of drug-likeness (QED) is 0.728. The lowest BCUT2D eigenvalue weighted by Crippen LogP contribution is -2.43. The molecule has 0 aliphatic carbocycles. The molecule has 0 saturated carbocycles. The number of nitrogens with one attached hydrogen (secondary N) is 1. The highest BCUT2D eigenvalue weighted by Gasteiger charge is 2.28. The SMILES string of the molecule is CC(NC(=O)C1CCN(C(=O)c2cccnc2)CC1)c1csc2ccccc12. The summed E-state index contributed by atoms with van der Waals surface area (Å²) in [6.07, 6.45) is 4.63. The van der Waals surface area contributed by atoms with Crippen LogP contribution >= 0.6 is 11.3 Å². The zero-order valence-electron chi connectivity index (χ0n) is 15.8. The van der Waals surface area contributed by atoms with Crippen LogP contribution in [0.2, 0.25) is 0 Å². The number of benzene rings is 1. The van der Waals surface area contributed by atoms with E-state index >= 15 is 0 Å². The molecule has 2 amide bonds. The third-order valence-corrected chi connectivity index (χ3v) is 6.38. The maximum atomic E-state index is 12.8. The molecule has 0 spiro atoms. The molecule has 1 fully saturated rings. The second-order valence-electron chi connectivity index (χ2n) is 7.23. The lowest BCUT2D eigenvalue weighted by atomic mass is 9.94. The van der Waals surface area contributed by atoms with Crippen LogP contribution in [0.4, 0.5) is 0 Å². The standard InChI is InChI=1S/C22H23N3O2S/c1-15(19-14-28-20-7-3-2-6-18(19)20)24-21(26)16-8-11-25(12-9-16)22(27)17-5-4-10-23-13-17/h2-7,10,13-16H,8-9,11-12H2,1H3,(H,24,26). The third kappa shape index (κ3) is 3.78. The molecule has 1 unspecified atom stereocenters. The van der Waals surface area contributed by atoms with Crippen molar-refractivity contribution in [2.45, 2.75) is 25.8 Å². The van der Waals surface area contributed by atoms with Gasteiger partial charge in [-0.05, 0) is 54.3 Å². The lowest BCUT2D eigenvalue weighted by Gasteiger charge is -2.32. The Morgan fingerprint density at radius 3 is 2.71 bits per heavy atom. The Hall–Kier alpha value is -2.73. The van der Waals surface area contributed by atoms with Crippen molar-refractivity contribution in [2.75, 3.05) is 13.1 Å². The van der Waals surface area contributed by atoms with E-state index in [1.165, 1.54) is 10.1 Å². The Bertz CT molecular complexity index is 978. The Balaban J connectivity index is 1.34. The number of pyridine rings is 1. The number of hydrogen-bond acceptors (Lipinski definition) is 4. The van der Waals surface area contributed by atoms with Crippen LogP contribution < -0.4 is 5.32 Å². The monoisotopic (exact) mass is 393 g/mol. The predicted molar refractivity (Wildman–Crippen MR) is 111 cm³/mol. The lowest BCUT2D eigenvalue weighted by molar-refractivity contribution is -0.126. The number of hydrogen-bond donors (Lipinski definition) is 1.